The van der Waals surface area contributed by atoms with Crippen molar-refractivity contribution in [3.05, 3.63) is 29.3 Å². The van der Waals surface area contributed by atoms with Gasteiger partial charge in [0.25, 0.3) is 0 Å². The highest BCUT2D eigenvalue weighted by Crippen LogP contribution is 2.45. The van der Waals surface area contributed by atoms with Gasteiger partial charge in [0.2, 0.25) is 0 Å². The number of nitrogens with two attached hydrogens (primary N) is 1. The fraction of sp³-hybridized carbons (Fsp3) is 0.500. The first-order valence-corrected chi connectivity index (χ1v) is 6.13. The fourth-order valence-electron chi connectivity index (χ4n) is 2.05. The summed E-state index contributed by atoms with van der Waals surface area (Å²) < 4.78 is 0. The topological polar surface area (TPSA) is 26.0 Å². The quantitative estimate of drug-likeness (QED) is 0.805. The average molecular weight is 207 g/mol. The van der Waals surface area contributed by atoms with Crippen LogP contribution in [0.25, 0.3) is 0 Å². The van der Waals surface area contributed by atoms with Crippen molar-refractivity contribution in [3.63, 3.8) is 0 Å². The van der Waals surface area contributed by atoms with E-state index >= 15 is 0 Å². The molecule has 0 bridgehead atoms. The predicted molar refractivity (Wildman–Crippen MR) is 62.7 cm³/mol. The Kier molecular flexibility index (Phi) is 2.84. The van der Waals surface area contributed by atoms with Gasteiger partial charge in [0.05, 0.1) is 0 Å². The molecule has 2 atom stereocenters. The van der Waals surface area contributed by atoms with Crippen LogP contribution in [0.5, 0.6) is 0 Å². The van der Waals surface area contributed by atoms with Crippen LogP contribution in [-0.2, 0) is 0 Å². The van der Waals surface area contributed by atoms with Crippen molar-refractivity contribution in [2.24, 2.45) is 5.73 Å². The van der Waals surface area contributed by atoms with Crippen molar-refractivity contribution < 1.29 is 0 Å². The molecule has 76 valence electrons. The summed E-state index contributed by atoms with van der Waals surface area (Å²) in [4.78, 5) is 1.43. The third-order valence-corrected chi connectivity index (χ3v) is 4.47. The third kappa shape index (κ3) is 1.57. The van der Waals surface area contributed by atoms with E-state index in [2.05, 4.69) is 32.0 Å². The molecule has 1 aliphatic rings. The van der Waals surface area contributed by atoms with Crippen LogP contribution in [0.4, 0.5) is 0 Å². The average Bonchev–Trinajstić information content (AvgIpc) is 2.48. The van der Waals surface area contributed by atoms with Gasteiger partial charge in [0, 0.05) is 16.2 Å². The Morgan fingerprint density at radius 2 is 2.21 bits per heavy atom. The second-order valence-electron chi connectivity index (χ2n) is 3.96. The van der Waals surface area contributed by atoms with Crippen molar-refractivity contribution >= 4 is 11.8 Å². The lowest BCUT2D eigenvalue weighted by atomic mass is 10.0. The van der Waals surface area contributed by atoms with Crippen LogP contribution in [0.1, 0.15) is 36.9 Å². The number of fused-ring (bicyclic) bond motifs is 1. The van der Waals surface area contributed by atoms with Gasteiger partial charge in [-0.05, 0) is 24.5 Å². The summed E-state index contributed by atoms with van der Waals surface area (Å²) in [5.74, 6) is 0. The molecular formula is C12H17NS. The van der Waals surface area contributed by atoms with Gasteiger partial charge in [0.15, 0.2) is 0 Å². The summed E-state index contributed by atoms with van der Waals surface area (Å²) in [6, 6.07) is 6.71. The van der Waals surface area contributed by atoms with Gasteiger partial charge in [-0.25, -0.2) is 0 Å². The number of thioether (sulfide) groups is 1. The van der Waals surface area contributed by atoms with E-state index in [1.807, 2.05) is 11.8 Å². The standard InChI is InChI=1S/C12H17NS/c1-3-5-10-11(13)9-7-4-6-8(2)12(9)14-10/h4,6-7,10-11H,3,5,13H2,1-2H3. The zero-order valence-electron chi connectivity index (χ0n) is 8.79. The van der Waals surface area contributed by atoms with Crippen LogP contribution < -0.4 is 5.73 Å². The smallest absolute Gasteiger partial charge is 0.0430 e. The largest absolute Gasteiger partial charge is 0.323 e. The van der Waals surface area contributed by atoms with Gasteiger partial charge in [-0.15, -0.1) is 11.8 Å². The molecule has 0 radical (unpaired) electrons. The molecular weight excluding hydrogens is 190 g/mol. The van der Waals surface area contributed by atoms with E-state index in [9.17, 15) is 0 Å². The van der Waals surface area contributed by atoms with Crippen LogP contribution >= 0.6 is 11.8 Å². The molecule has 0 spiro atoms. The number of rotatable bonds is 2. The number of hydrogen-bond donors (Lipinski definition) is 1. The van der Waals surface area contributed by atoms with Crippen LogP contribution in [0.15, 0.2) is 23.1 Å². The van der Waals surface area contributed by atoms with Crippen LogP contribution in [0, 0.1) is 6.92 Å². The van der Waals surface area contributed by atoms with E-state index in [4.69, 9.17) is 5.73 Å². The Morgan fingerprint density at radius 1 is 1.43 bits per heavy atom. The molecule has 14 heavy (non-hydrogen) atoms. The van der Waals surface area contributed by atoms with Crippen molar-refractivity contribution in [2.75, 3.05) is 0 Å². The minimum atomic E-state index is 0.245. The Hall–Kier alpha value is -0.470. The zero-order chi connectivity index (χ0) is 10.1. The molecule has 0 saturated heterocycles. The maximum absolute atomic E-state index is 6.22. The molecule has 2 N–H and O–H groups in total. The van der Waals surface area contributed by atoms with Gasteiger partial charge in [-0.3, -0.25) is 0 Å². The van der Waals surface area contributed by atoms with Gasteiger partial charge >= 0.3 is 0 Å². The molecule has 1 aromatic rings. The molecule has 0 aromatic heterocycles. The molecule has 2 rings (SSSR count). The second kappa shape index (κ2) is 3.95. The summed E-state index contributed by atoms with van der Waals surface area (Å²) in [6.07, 6.45) is 2.44. The van der Waals surface area contributed by atoms with Crippen LogP contribution in [0.2, 0.25) is 0 Å². The highest BCUT2D eigenvalue weighted by atomic mass is 32.2. The van der Waals surface area contributed by atoms with Gasteiger partial charge in [-0.2, -0.15) is 0 Å². The third-order valence-electron chi connectivity index (χ3n) is 2.84. The first kappa shape index (κ1) is 10.1. The summed E-state index contributed by atoms with van der Waals surface area (Å²) in [5, 5.41) is 0.594. The lowest BCUT2D eigenvalue weighted by Gasteiger charge is -2.13. The maximum Gasteiger partial charge on any atom is 0.0430 e. The second-order valence-corrected chi connectivity index (χ2v) is 5.21. The Morgan fingerprint density at radius 3 is 2.86 bits per heavy atom. The summed E-state index contributed by atoms with van der Waals surface area (Å²) in [7, 11) is 0. The van der Waals surface area contributed by atoms with Crippen LogP contribution in [-0.4, -0.2) is 5.25 Å². The van der Waals surface area contributed by atoms with E-state index in [0.717, 1.165) is 0 Å². The number of aryl methyl sites for hydroxylation is 1. The van der Waals surface area contributed by atoms with E-state index in [1.165, 1.54) is 28.9 Å². The molecule has 2 heteroatoms. The van der Waals surface area contributed by atoms with Gasteiger partial charge in [-0.1, -0.05) is 31.5 Å². The predicted octanol–water partition coefficient (Wildman–Crippen LogP) is 3.27. The van der Waals surface area contributed by atoms with Crippen molar-refractivity contribution in [1.29, 1.82) is 0 Å². The van der Waals surface area contributed by atoms with Gasteiger partial charge in [0.1, 0.15) is 0 Å². The van der Waals surface area contributed by atoms with E-state index in [0.29, 0.717) is 5.25 Å². The van der Waals surface area contributed by atoms with Crippen LogP contribution in [0.3, 0.4) is 0 Å². The monoisotopic (exact) mass is 207 g/mol. The highest BCUT2D eigenvalue weighted by Gasteiger charge is 2.30. The molecule has 0 saturated carbocycles. The zero-order valence-corrected chi connectivity index (χ0v) is 9.60. The molecule has 1 nitrogen and oxygen atoms in total. The Bertz CT molecular complexity index is 335. The molecule has 0 fully saturated rings. The maximum atomic E-state index is 6.22. The molecule has 2 unspecified atom stereocenters. The first-order valence-electron chi connectivity index (χ1n) is 5.25. The van der Waals surface area contributed by atoms with Crippen molar-refractivity contribution in [3.8, 4) is 0 Å². The molecule has 1 aromatic carbocycles. The van der Waals surface area contributed by atoms with E-state index in [-0.39, 0.29) is 6.04 Å². The van der Waals surface area contributed by atoms with E-state index < -0.39 is 0 Å². The number of benzene rings is 1. The normalized spacial score (nSPS) is 25.1. The van der Waals surface area contributed by atoms with E-state index in [1.54, 1.807) is 0 Å². The minimum Gasteiger partial charge on any atom is -0.323 e. The summed E-state index contributed by atoms with van der Waals surface area (Å²) in [6.45, 7) is 4.40. The van der Waals surface area contributed by atoms with Crippen molar-refractivity contribution in [1.82, 2.24) is 0 Å². The fourth-order valence-corrected chi connectivity index (χ4v) is 3.59. The SMILES string of the molecule is CCCC1Sc2c(C)cccc2C1N. The minimum absolute atomic E-state index is 0.245. The summed E-state index contributed by atoms with van der Waals surface area (Å²) in [5.41, 5.74) is 8.96. The van der Waals surface area contributed by atoms with Crippen molar-refractivity contribution in [2.45, 2.75) is 42.9 Å². The molecule has 1 heterocycles. The molecule has 0 aliphatic carbocycles. The lowest BCUT2D eigenvalue weighted by Crippen LogP contribution is -2.18. The van der Waals surface area contributed by atoms with Gasteiger partial charge < -0.3 is 5.73 Å². The first-order chi connectivity index (χ1) is 6.74. The molecule has 1 aliphatic heterocycles. The highest BCUT2D eigenvalue weighted by molar-refractivity contribution is 8.00. The lowest BCUT2D eigenvalue weighted by molar-refractivity contribution is 0.630. The number of hydrogen-bond acceptors (Lipinski definition) is 2. The Labute approximate surface area is 90.1 Å². The Balaban J connectivity index is 2.30. The molecule has 0 amide bonds. The summed E-state index contributed by atoms with van der Waals surface area (Å²) >= 11 is 1.97.